The molecule has 96 valence electrons. The van der Waals surface area contributed by atoms with Gasteiger partial charge in [-0.3, -0.25) is 4.79 Å². The molecular weight excluding hydrogens is 319 g/mol. The average molecular weight is 342 g/mol. The summed E-state index contributed by atoms with van der Waals surface area (Å²) in [5.74, 6) is 0.314. The van der Waals surface area contributed by atoms with E-state index in [1.807, 2.05) is 13.8 Å². The van der Waals surface area contributed by atoms with Crippen LogP contribution < -0.4 is 0 Å². The van der Waals surface area contributed by atoms with Crippen LogP contribution in [0.4, 0.5) is 0 Å². The lowest BCUT2D eigenvalue weighted by Gasteiger charge is -2.25. The lowest BCUT2D eigenvalue weighted by atomic mass is 9.95. The third-order valence-corrected chi connectivity index (χ3v) is 4.74. The molecule has 0 aliphatic carbocycles. The summed E-state index contributed by atoms with van der Waals surface area (Å²) in [4.78, 5) is 10.6. The largest absolute Gasteiger partial charge is 0.466 e. The number of alkyl halides is 1. The predicted octanol–water partition coefficient (Wildman–Crippen LogP) is 2.93. The third kappa shape index (κ3) is 8.33. The molecule has 2 atom stereocenters. The highest BCUT2D eigenvalue weighted by molar-refractivity contribution is 14.1. The molecule has 0 aliphatic rings. The molecule has 0 heterocycles. The quantitative estimate of drug-likeness (QED) is 0.440. The van der Waals surface area contributed by atoms with Crippen molar-refractivity contribution < 1.29 is 14.6 Å². The Morgan fingerprint density at radius 2 is 1.94 bits per heavy atom. The van der Waals surface area contributed by atoms with Gasteiger partial charge in [-0.1, -0.05) is 29.5 Å². The standard InChI is InChI=1S/C12H23IO3/c1-9(7-8-16-10(2)14)5-6-11(13)12(3,4)15/h9,11,15H,5-8H2,1-4H3. The minimum Gasteiger partial charge on any atom is -0.466 e. The Balaban J connectivity index is 3.65. The molecule has 3 nitrogen and oxygen atoms in total. The predicted molar refractivity (Wildman–Crippen MR) is 73.8 cm³/mol. The van der Waals surface area contributed by atoms with Crippen molar-refractivity contribution >= 4 is 28.6 Å². The fourth-order valence-corrected chi connectivity index (χ4v) is 1.69. The van der Waals surface area contributed by atoms with Crippen molar-refractivity contribution in [3.8, 4) is 0 Å². The Morgan fingerprint density at radius 1 is 1.38 bits per heavy atom. The van der Waals surface area contributed by atoms with Crippen molar-refractivity contribution in [2.45, 2.75) is 56.5 Å². The first kappa shape index (κ1) is 16.2. The van der Waals surface area contributed by atoms with Crippen molar-refractivity contribution in [2.24, 2.45) is 5.92 Å². The van der Waals surface area contributed by atoms with Gasteiger partial charge in [-0.05, 0) is 39.0 Å². The van der Waals surface area contributed by atoms with E-state index in [1.165, 1.54) is 6.92 Å². The molecule has 0 aromatic rings. The van der Waals surface area contributed by atoms with Crippen molar-refractivity contribution in [2.75, 3.05) is 6.61 Å². The van der Waals surface area contributed by atoms with E-state index in [1.54, 1.807) is 0 Å². The van der Waals surface area contributed by atoms with Gasteiger partial charge in [-0.15, -0.1) is 0 Å². The van der Waals surface area contributed by atoms with E-state index in [0.29, 0.717) is 12.5 Å². The summed E-state index contributed by atoms with van der Waals surface area (Å²) in [7, 11) is 0. The zero-order valence-corrected chi connectivity index (χ0v) is 12.8. The summed E-state index contributed by atoms with van der Waals surface area (Å²) in [5.41, 5.74) is -0.615. The molecule has 0 bridgehead atoms. The molecule has 2 unspecified atom stereocenters. The van der Waals surface area contributed by atoms with Gasteiger partial charge in [0.05, 0.1) is 12.2 Å². The van der Waals surface area contributed by atoms with Crippen LogP contribution >= 0.6 is 22.6 Å². The molecule has 0 spiro atoms. The van der Waals surface area contributed by atoms with Crippen molar-refractivity contribution in [3.05, 3.63) is 0 Å². The number of halogens is 1. The molecule has 0 aromatic carbocycles. The van der Waals surface area contributed by atoms with Gasteiger partial charge in [0.25, 0.3) is 0 Å². The second-order valence-corrected chi connectivity index (χ2v) is 6.44. The molecule has 0 aromatic heterocycles. The van der Waals surface area contributed by atoms with Crippen molar-refractivity contribution in [3.63, 3.8) is 0 Å². The van der Waals surface area contributed by atoms with Crippen LogP contribution in [0.15, 0.2) is 0 Å². The van der Waals surface area contributed by atoms with Gasteiger partial charge in [-0.25, -0.2) is 0 Å². The maximum atomic E-state index is 10.6. The molecule has 0 fully saturated rings. The fourth-order valence-electron chi connectivity index (χ4n) is 1.33. The summed E-state index contributed by atoms with van der Waals surface area (Å²) in [6, 6.07) is 0. The summed E-state index contributed by atoms with van der Waals surface area (Å²) in [6.07, 6.45) is 2.94. The van der Waals surface area contributed by atoms with Crippen LogP contribution in [0.5, 0.6) is 0 Å². The second kappa shape index (κ2) is 7.48. The number of hydrogen-bond donors (Lipinski definition) is 1. The van der Waals surface area contributed by atoms with Gasteiger partial charge < -0.3 is 9.84 Å². The Hall–Kier alpha value is 0.160. The van der Waals surface area contributed by atoms with Crippen LogP contribution in [0, 0.1) is 5.92 Å². The number of carbonyl (C=O) groups is 1. The van der Waals surface area contributed by atoms with Crippen LogP contribution in [-0.4, -0.2) is 27.2 Å². The van der Waals surface area contributed by atoms with Gasteiger partial charge in [0.2, 0.25) is 0 Å². The van der Waals surface area contributed by atoms with E-state index >= 15 is 0 Å². The molecule has 16 heavy (non-hydrogen) atoms. The maximum Gasteiger partial charge on any atom is 0.302 e. The van der Waals surface area contributed by atoms with Crippen LogP contribution in [0.25, 0.3) is 0 Å². The molecule has 0 rings (SSSR count). The number of esters is 1. The summed E-state index contributed by atoms with van der Waals surface area (Å²) in [6.45, 7) is 7.77. The van der Waals surface area contributed by atoms with Gasteiger partial charge >= 0.3 is 5.97 Å². The summed E-state index contributed by atoms with van der Waals surface area (Å²) in [5, 5.41) is 9.77. The number of carbonyl (C=O) groups excluding carboxylic acids is 1. The first-order valence-corrected chi connectivity index (χ1v) is 6.98. The number of aliphatic hydroxyl groups is 1. The fraction of sp³-hybridized carbons (Fsp3) is 0.917. The molecule has 0 radical (unpaired) electrons. The molecular formula is C12H23IO3. The van der Waals surface area contributed by atoms with E-state index in [-0.39, 0.29) is 9.89 Å². The second-order valence-electron chi connectivity index (χ2n) is 4.93. The molecule has 0 amide bonds. The Morgan fingerprint density at radius 3 is 2.38 bits per heavy atom. The van der Waals surface area contributed by atoms with E-state index in [2.05, 4.69) is 29.5 Å². The monoisotopic (exact) mass is 342 g/mol. The molecule has 0 saturated heterocycles. The first-order valence-electron chi connectivity index (χ1n) is 5.73. The molecule has 0 aliphatic heterocycles. The summed E-state index contributed by atoms with van der Waals surface area (Å²) < 4.78 is 5.16. The third-order valence-electron chi connectivity index (χ3n) is 2.60. The maximum absolute atomic E-state index is 10.6. The lowest BCUT2D eigenvalue weighted by molar-refractivity contribution is -0.141. The molecule has 0 saturated carbocycles. The van der Waals surface area contributed by atoms with Crippen LogP contribution in [0.2, 0.25) is 0 Å². The normalized spacial score (nSPS) is 15.6. The van der Waals surface area contributed by atoms with Gasteiger partial charge in [0.1, 0.15) is 0 Å². The zero-order chi connectivity index (χ0) is 12.8. The van der Waals surface area contributed by atoms with Crippen molar-refractivity contribution in [1.82, 2.24) is 0 Å². The summed E-state index contributed by atoms with van der Waals surface area (Å²) >= 11 is 2.29. The SMILES string of the molecule is CC(=O)OCCC(C)CCC(I)C(C)(C)O. The van der Waals surface area contributed by atoms with Crippen molar-refractivity contribution in [1.29, 1.82) is 0 Å². The lowest BCUT2D eigenvalue weighted by Crippen LogP contribution is -2.31. The minimum absolute atomic E-state index is 0.213. The highest BCUT2D eigenvalue weighted by atomic mass is 127. The van der Waals surface area contributed by atoms with Gasteiger partial charge in [-0.2, -0.15) is 0 Å². The highest BCUT2D eigenvalue weighted by Gasteiger charge is 2.23. The van der Waals surface area contributed by atoms with Crippen LogP contribution in [0.3, 0.4) is 0 Å². The number of rotatable bonds is 7. The van der Waals surface area contributed by atoms with E-state index in [4.69, 9.17) is 4.74 Å². The first-order chi connectivity index (χ1) is 7.23. The average Bonchev–Trinajstić information content (AvgIpc) is 2.11. The smallest absolute Gasteiger partial charge is 0.302 e. The number of ether oxygens (including phenoxy) is 1. The van der Waals surface area contributed by atoms with Gasteiger partial charge in [0, 0.05) is 10.8 Å². The highest BCUT2D eigenvalue weighted by Crippen LogP contribution is 2.25. The molecule has 1 N–H and O–H groups in total. The molecule has 4 heteroatoms. The van der Waals surface area contributed by atoms with E-state index in [0.717, 1.165) is 19.3 Å². The number of hydrogen-bond acceptors (Lipinski definition) is 3. The Kier molecular flexibility index (Phi) is 7.55. The van der Waals surface area contributed by atoms with Crippen LogP contribution in [0.1, 0.15) is 47.0 Å². The van der Waals surface area contributed by atoms with Crippen LogP contribution in [-0.2, 0) is 9.53 Å². The zero-order valence-electron chi connectivity index (χ0n) is 10.6. The Bertz CT molecular complexity index is 211. The Labute approximate surface area is 112 Å². The van der Waals surface area contributed by atoms with E-state index < -0.39 is 5.60 Å². The van der Waals surface area contributed by atoms with Gasteiger partial charge in [0.15, 0.2) is 0 Å². The topological polar surface area (TPSA) is 46.5 Å². The van der Waals surface area contributed by atoms with E-state index in [9.17, 15) is 9.90 Å². The minimum atomic E-state index is -0.615.